The normalized spacial score (nSPS) is 12.0. The van der Waals surface area contributed by atoms with Gasteiger partial charge in [-0.05, 0) is 41.3 Å². The molecule has 0 saturated heterocycles. The van der Waals surface area contributed by atoms with Gasteiger partial charge in [0.05, 0.1) is 0 Å². The molecule has 20 heavy (non-hydrogen) atoms. The van der Waals surface area contributed by atoms with Gasteiger partial charge in [0.25, 0.3) is 0 Å². The van der Waals surface area contributed by atoms with Crippen LogP contribution in [-0.2, 0) is 5.41 Å². The molecule has 0 unspecified atom stereocenters. The molecule has 2 aromatic carbocycles. The number of benzene rings is 2. The van der Waals surface area contributed by atoms with Crippen LogP contribution in [0.25, 0.3) is 22.6 Å². The van der Waals surface area contributed by atoms with E-state index in [-0.39, 0.29) is 5.41 Å². The van der Waals surface area contributed by atoms with Crippen molar-refractivity contribution in [2.45, 2.75) is 26.2 Å². The summed E-state index contributed by atoms with van der Waals surface area (Å²) in [6.07, 6.45) is 0. The van der Waals surface area contributed by atoms with E-state index in [4.69, 9.17) is 4.42 Å². The molecule has 0 bridgehead atoms. The average Bonchev–Trinajstić information content (AvgIpc) is 2.80. The largest absolute Gasteiger partial charge is 0.436 e. The molecule has 0 N–H and O–H groups in total. The highest BCUT2D eigenvalue weighted by atomic mass is 79.9. The average molecular weight is 330 g/mol. The van der Waals surface area contributed by atoms with Crippen molar-refractivity contribution >= 4 is 27.0 Å². The second kappa shape index (κ2) is 4.74. The van der Waals surface area contributed by atoms with Crippen molar-refractivity contribution in [2.75, 3.05) is 0 Å². The Hall–Kier alpha value is -1.61. The molecule has 0 atom stereocenters. The van der Waals surface area contributed by atoms with E-state index in [2.05, 4.69) is 66.0 Å². The van der Waals surface area contributed by atoms with Gasteiger partial charge >= 0.3 is 0 Å². The fraction of sp³-hybridized carbons (Fsp3) is 0.235. The summed E-state index contributed by atoms with van der Waals surface area (Å²) in [5.41, 5.74) is 4.15. The highest BCUT2D eigenvalue weighted by molar-refractivity contribution is 9.10. The molecule has 0 spiro atoms. The first-order valence-corrected chi connectivity index (χ1v) is 7.40. The summed E-state index contributed by atoms with van der Waals surface area (Å²) >= 11 is 3.45. The summed E-state index contributed by atoms with van der Waals surface area (Å²) in [6.45, 7) is 6.62. The molecule has 0 fully saturated rings. The van der Waals surface area contributed by atoms with Crippen molar-refractivity contribution in [2.24, 2.45) is 0 Å². The molecule has 2 nitrogen and oxygen atoms in total. The Kier molecular flexibility index (Phi) is 3.17. The van der Waals surface area contributed by atoms with Crippen molar-refractivity contribution in [1.82, 2.24) is 4.98 Å². The van der Waals surface area contributed by atoms with Crippen LogP contribution in [0.15, 0.2) is 51.4 Å². The minimum atomic E-state index is 0.157. The van der Waals surface area contributed by atoms with Crippen LogP contribution in [-0.4, -0.2) is 4.98 Å². The second-order valence-corrected chi connectivity index (χ2v) is 6.87. The van der Waals surface area contributed by atoms with Gasteiger partial charge in [0.2, 0.25) is 5.89 Å². The third-order valence-electron chi connectivity index (χ3n) is 3.35. The Labute approximate surface area is 127 Å². The summed E-state index contributed by atoms with van der Waals surface area (Å²) in [5.74, 6) is 0.665. The first-order valence-electron chi connectivity index (χ1n) is 6.60. The molecule has 1 aromatic heterocycles. The minimum absolute atomic E-state index is 0.157. The zero-order valence-corrected chi connectivity index (χ0v) is 13.4. The van der Waals surface area contributed by atoms with Crippen LogP contribution in [0, 0.1) is 0 Å². The van der Waals surface area contributed by atoms with Crippen molar-refractivity contribution in [3.63, 3.8) is 0 Å². The van der Waals surface area contributed by atoms with Gasteiger partial charge in [-0.1, -0.05) is 48.8 Å². The van der Waals surface area contributed by atoms with Crippen LogP contribution < -0.4 is 0 Å². The zero-order chi connectivity index (χ0) is 14.3. The topological polar surface area (TPSA) is 26.0 Å². The number of nitrogens with zero attached hydrogens (tertiary/aromatic N) is 1. The first-order chi connectivity index (χ1) is 9.43. The maximum Gasteiger partial charge on any atom is 0.227 e. The molecule has 0 aliphatic rings. The molecule has 0 radical (unpaired) electrons. The van der Waals surface area contributed by atoms with E-state index < -0.39 is 0 Å². The number of fused-ring (bicyclic) bond motifs is 1. The summed E-state index contributed by atoms with van der Waals surface area (Å²) in [7, 11) is 0. The van der Waals surface area contributed by atoms with Gasteiger partial charge < -0.3 is 4.42 Å². The van der Waals surface area contributed by atoms with Gasteiger partial charge in [0.15, 0.2) is 5.58 Å². The fourth-order valence-corrected chi connectivity index (χ4v) is 2.49. The van der Waals surface area contributed by atoms with Crippen LogP contribution in [0.1, 0.15) is 26.3 Å². The summed E-state index contributed by atoms with van der Waals surface area (Å²) in [5, 5.41) is 0. The SMILES string of the molecule is CC(C)(C)c1ccc(-c2nc3cc(Br)ccc3o2)cc1. The third kappa shape index (κ3) is 2.50. The third-order valence-corrected chi connectivity index (χ3v) is 3.84. The fourth-order valence-electron chi connectivity index (χ4n) is 2.14. The lowest BCUT2D eigenvalue weighted by molar-refractivity contribution is 0.589. The smallest absolute Gasteiger partial charge is 0.227 e. The molecular formula is C17H16BrNO. The predicted molar refractivity (Wildman–Crippen MR) is 85.8 cm³/mol. The lowest BCUT2D eigenvalue weighted by Gasteiger charge is -2.18. The standard InChI is InChI=1S/C17H16BrNO/c1-17(2,3)12-6-4-11(5-7-12)16-19-14-10-13(18)8-9-15(14)20-16/h4-10H,1-3H3. The van der Waals surface area contributed by atoms with Gasteiger partial charge in [-0.25, -0.2) is 4.98 Å². The molecule has 0 aliphatic carbocycles. The molecule has 3 rings (SSSR count). The van der Waals surface area contributed by atoms with E-state index >= 15 is 0 Å². The van der Waals surface area contributed by atoms with Crippen LogP contribution in [0.5, 0.6) is 0 Å². The quantitative estimate of drug-likeness (QED) is 0.584. The minimum Gasteiger partial charge on any atom is -0.436 e. The summed E-state index contributed by atoms with van der Waals surface area (Å²) in [4.78, 5) is 4.54. The Bertz CT molecular complexity index is 751. The number of rotatable bonds is 1. The van der Waals surface area contributed by atoms with E-state index in [0.29, 0.717) is 5.89 Å². The Morgan fingerprint density at radius 1 is 1.00 bits per heavy atom. The van der Waals surface area contributed by atoms with E-state index in [0.717, 1.165) is 21.1 Å². The molecule has 3 heteroatoms. The number of hydrogen-bond donors (Lipinski definition) is 0. The molecular weight excluding hydrogens is 314 g/mol. The van der Waals surface area contributed by atoms with Crippen LogP contribution in [0.2, 0.25) is 0 Å². The van der Waals surface area contributed by atoms with E-state index in [9.17, 15) is 0 Å². The van der Waals surface area contributed by atoms with Crippen molar-refractivity contribution in [3.8, 4) is 11.5 Å². The monoisotopic (exact) mass is 329 g/mol. The molecule has 0 saturated carbocycles. The molecule has 0 amide bonds. The summed E-state index contributed by atoms with van der Waals surface area (Å²) < 4.78 is 6.81. The van der Waals surface area contributed by atoms with E-state index in [1.54, 1.807) is 0 Å². The highest BCUT2D eigenvalue weighted by Crippen LogP contribution is 2.28. The van der Waals surface area contributed by atoms with Crippen molar-refractivity contribution in [1.29, 1.82) is 0 Å². The van der Waals surface area contributed by atoms with Gasteiger partial charge in [-0.3, -0.25) is 0 Å². The van der Waals surface area contributed by atoms with Crippen molar-refractivity contribution in [3.05, 3.63) is 52.5 Å². The number of hydrogen-bond acceptors (Lipinski definition) is 2. The second-order valence-electron chi connectivity index (χ2n) is 5.96. The van der Waals surface area contributed by atoms with Gasteiger partial charge in [0, 0.05) is 10.0 Å². The Balaban J connectivity index is 2.02. The predicted octanol–water partition coefficient (Wildman–Crippen LogP) is 5.55. The van der Waals surface area contributed by atoms with Crippen molar-refractivity contribution < 1.29 is 4.42 Å². The molecule has 102 valence electrons. The van der Waals surface area contributed by atoms with Crippen LogP contribution in [0.3, 0.4) is 0 Å². The molecule has 3 aromatic rings. The Morgan fingerprint density at radius 3 is 2.35 bits per heavy atom. The maximum atomic E-state index is 5.80. The van der Waals surface area contributed by atoms with Gasteiger partial charge in [-0.15, -0.1) is 0 Å². The number of aromatic nitrogens is 1. The number of oxazole rings is 1. The zero-order valence-electron chi connectivity index (χ0n) is 11.8. The van der Waals surface area contributed by atoms with Crippen LogP contribution >= 0.6 is 15.9 Å². The van der Waals surface area contributed by atoms with Crippen LogP contribution in [0.4, 0.5) is 0 Å². The van der Waals surface area contributed by atoms with E-state index in [1.165, 1.54) is 5.56 Å². The Morgan fingerprint density at radius 2 is 1.70 bits per heavy atom. The van der Waals surface area contributed by atoms with Gasteiger partial charge in [0.1, 0.15) is 5.52 Å². The molecule has 1 heterocycles. The number of halogens is 1. The van der Waals surface area contributed by atoms with Gasteiger partial charge in [-0.2, -0.15) is 0 Å². The maximum absolute atomic E-state index is 5.80. The van der Waals surface area contributed by atoms with E-state index in [1.807, 2.05) is 18.2 Å². The molecule has 0 aliphatic heterocycles. The first kappa shape index (κ1) is 13.4. The lowest BCUT2D eigenvalue weighted by atomic mass is 9.87. The highest BCUT2D eigenvalue weighted by Gasteiger charge is 2.14. The summed E-state index contributed by atoms with van der Waals surface area (Å²) in [6, 6.07) is 14.3. The lowest BCUT2D eigenvalue weighted by Crippen LogP contribution is -2.10.